The van der Waals surface area contributed by atoms with Crippen LogP contribution in [0.1, 0.15) is 36.2 Å². The zero-order valence-electron chi connectivity index (χ0n) is 17.5. The normalized spacial score (nSPS) is 16.2. The van der Waals surface area contributed by atoms with Crippen molar-refractivity contribution < 1.29 is 14.6 Å². The number of rotatable bonds is 7. The third kappa shape index (κ3) is 4.02. The van der Waals surface area contributed by atoms with Crippen LogP contribution in [-0.2, 0) is 11.3 Å². The third-order valence-electron chi connectivity index (χ3n) is 5.90. The summed E-state index contributed by atoms with van der Waals surface area (Å²) in [6.45, 7) is 0.540. The molecule has 0 bridgehead atoms. The number of methoxy groups -OCH3 is 1. The van der Waals surface area contributed by atoms with E-state index in [0.717, 1.165) is 45.9 Å². The maximum atomic E-state index is 12.5. The van der Waals surface area contributed by atoms with Crippen LogP contribution in [0.3, 0.4) is 0 Å². The number of benzene rings is 2. The summed E-state index contributed by atoms with van der Waals surface area (Å²) in [6, 6.07) is 16.4. The molecular formula is C26H25NO3S. The molecule has 0 aliphatic heterocycles. The smallest absolute Gasteiger partial charge is 0.353 e. The second kappa shape index (κ2) is 8.31. The highest BCUT2D eigenvalue weighted by Crippen LogP contribution is 2.41. The number of carboxylic acids is 1. The fraction of sp³-hybridized carbons (Fsp3) is 0.269. The van der Waals surface area contributed by atoms with Gasteiger partial charge in [-0.15, -0.1) is 11.8 Å². The van der Waals surface area contributed by atoms with E-state index >= 15 is 0 Å². The minimum absolute atomic E-state index is 0.346. The molecule has 0 spiro atoms. The van der Waals surface area contributed by atoms with Gasteiger partial charge in [0.15, 0.2) is 0 Å². The Kier molecular flexibility index (Phi) is 5.36. The summed E-state index contributed by atoms with van der Waals surface area (Å²) in [5.74, 6) is -0.0555. The highest BCUT2D eigenvalue weighted by atomic mass is 32.2. The van der Waals surface area contributed by atoms with Gasteiger partial charge in [0.2, 0.25) is 0 Å². The molecule has 31 heavy (non-hydrogen) atoms. The minimum atomic E-state index is -0.901. The number of carbonyl (C=O) groups is 1. The molecule has 2 aliphatic rings. The first-order valence-electron chi connectivity index (χ1n) is 10.7. The van der Waals surface area contributed by atoms with Crippen molar-refractivity contribution in [3.8, 4) is 11.1 Å². The molecule has 1 N–H and O–H groups in total. The van der Waals surface area contributed by atoms with E-state index in [1.807, 2.05) is 46.7 Å². The van der Waals surface area contributed by atoms with Gasteiger partial charge >= 0.3 is 5.97 Å². The number of hydrogen-bond acceptors (Lipinski definition) is 3. The summed E-state index contributed by atoms with van der Waals surface area (Å²) >= 11 is 1.91. The van der Waals surface area contributed by atoms with Crippen molar-refractivity contribution in [2.75, 3.05) is 7.11 Å². The van der Waals surface area contributed by atoms with Gasteiger partial charge in [0, 0.05) is 33.2 Å². The maximum absolute atomic E-state index is 12.5. The van der Waals surface area contributed by atoms with Crippen molar-refractivity contribution in [2.45, 2.75) is 42.4 Å². The summed E-state index contributed by atoms with van der Waals surface area (Å²) in [6.07, 6.45) is 8.50. The molecule has 5 heteroatoms. The van der Waals surface area contributed by atoms with Gasteiger partial charge in [-0.1, -0.05) is 30.3 Å². The van der Waals surface area contributed by atoms with Gasteiger partial charge in [0.25, 0.3) is 0 Å². The molecule has 2 aliphatic carbocycles. The molecule has 0 amide bonds. The first kappa shape index (κ1) is 20.0. The van der Waals surface area contributed by atoms with E-state index in [4.69, 9.17) is 4.74 Å². The van der Waals surface area contributed by atoms with Crippen LogP contribution in [0, 0.1) is 0 Å². The molecule has 0 radical (unpaired) electrons. The average Bonchev–Trinajstić information content (AvgIpc) is 3.55. The number of allylic oxidation sites excluding steroid dienone is 3. The van der Waals surface area contributed by atoms with Gasteiger partial charge in [0.1, 0.15) is 11.5 Å². The van der Waals surface area contributed by atoms with E-state index in [1.165, 1.54) is 23.3 Å². The number of nitrogens with zero attached hydrogens (tertiary/aromatic N) is 1. The lowest BCUT2D eigenvalue weighted by molar-refractivity contribution is 0.0687. The van der Waals surface area contributed by atoms with Crippen LogP contribution < -0.4 is 0 Å². The van der Waals surface area contributed by atoms with Crippen molar-refractivity contribution in [1.82, 2.24) is 4.57 Å². The number of hydrogen-bond donors (Lipinski definition) is 1. The maximum Gasteiger partial charge on any atom is 0.353 e. The van der Waals surface area contributed by atoms with Gasteiger partial charge in [0.05, 0.1) is 7.11 Å². The molecule has 158 valence electrons. The van der Waals surface area contributed by atoms with Crippen molar-refractivity contribution in [3.05, 3.63) is 77.7 Å². The fourth-order valence-electron chi connectivity index (χ4n) is 4.26. The quantitative estimate of drug-likeness (QED) is 0.463. The Morgan fingerprint density at radius 1 is 1.16 bits per heavy atom. The van der Waals surface area contributed by atoms with Gasteiger partial charge in [-0.25, -0.2) is 4.79 Å². The summed E-state index contributed by atoms with van der Waals surface area (Å²) in [5.41, 5.74) is 4.21. The van der Waals surface area contributed by atoms with Gasteiger partial charge < -0.3 is 14.4 Å². The molecule has 1 heterocycles. The van der Waals surface area contributed by atoms with Gasteiger partial charge in [-0.05, 0) is 67.2 Å². The molecule has 0 atom stereocenters. The topological polar surface area (TPSA) is 51.5 Å². The first-order valence-corrected chi connectivity index (χ1v) is 11.6. The Hall–Kier alpha value is -2.92. The van der Waals surface area contributed by atoms with E-state index in [-0.39, 0.29) is 0 Å². The SMILES string of the molecule is COC1=CCCC(Cn2c(C(=O)O)c(-c3ccc(SC4CC4)cc3)c3ccccc32)=C1. The molecule has 4 nitrogen and oxygen atoms in total. The molecule has 3 aromatic rings. The lowest BCUT2D eigenvalue weighted by Gasteiger charge is -2.16. The summed E-state index contributed by atoms with van der Waals surface area (Å²) in [7, 11) is 1.67. The van der Waals surface area contributed by atoms with Crippen LogP contribution in [0.2, 0.25) is 0 Å². The summed E-state index contributed by atoms with van der Waals surface area (Å²) in [5, 5.41) is 12.0. The number of fused-ring (bicyclic) bond motifs is 1. The number of aromatic carboxylic acids is 1. The Bertz CT molecular complexity index is 1200. The predicted molar refractivity (Wildman–Crippen MR) is 126 cm³/mol. The Morgan fingerprint density at radius 3 is 2.65 bits per heavy atom. The minimum Gasteiger partial charge on any atom is -0.497 e. The van der Waals surface area contributed by atoms with Crippen molar-refractivity contribution in [3.63, 3.8) is 0 Å². The zero-order valence-corrected chi connectivity index (χ0v) is 18.3. The van der Waals surface area contributed by atoms with E-state index in [0.29, 0.717) is 12.2 Å². The van der Waals surface area contributed by atoms with Crippen molar-refractivity contribution in [1.29, 1.82) is 0 Å². The molecule has 1 fully saturated rings. The fourth-order valence-corrected chi connectivity index (χ4v) is 5.31. The largest absolute Gasteiger partial charge is 0.497 e. The van der Waals surface area contributed by atoms with E-state index in [1.54, 1.807) is 7.11 Å². The van der Waals surface area contributed by atoms with Crippen molar-refractivity contribution >= 4 is 28.6 Å². The number of thioether (sulfide) groups is 1. The van der Waals surface area contributed by atoms with Crippen LogP contribution in [0.4, 0.5) is 0 Å². The lowest BCUT2D eigenvalue weighted by Crippen LogP contribution is -2.12. The summed E-state index contributed by atoms with van der Waals surface area (Å²) in [4.78, 5) is 13.7. The lowest BCUT2D eigenvalue weighted by atomic mass is 10.0. The number of ether oxygens (including phenoxy) is 1. The molecule has 0 saturated heterocycles. The highest BCUT2D eigenvalue weighted by Gasteiger charge is 2.25. The molecule has 1 saturated carbocycles. The van der Waals surface area contributed by atoms with Gasteiger partial charge in [-0.3, -0.25) is 0 Å². The van der Waals surface area contributed by atoms with Crippen LogP contribution >= 0.6 is 11.8 Å². The Balaban J connectivity index is 1.61. The molecule has 0 unspecified atom stereocenters. The molecule has 5 rings (SSSR count). The van der Waals surface area contributed by atoms with Crippen LogP contribution in [-0.4, -0.2) is 28.0 Å². The van der Waals surface area contributed by atoms with Gasteiger partial charge in [-0.2, -0.15) is 0 Å². The number of para-hydroxylation sites is 1. The van der Waals surface area contributed by atoms with Crippen LogP contribution in [0.15, 0.2) is 76.9 Å². The first-order chi connectivity index (χ1) is 15.1. The van der Waals surface area contributed by atoms with E-state index in [2.05, 4.69) is 30.3 Å². The summed E-state index contributed by atoms with van der Waals surface area (Å²) < 4.78 is 7.35. The molecule has 2 aromatic carbocycles. The van der Waals surface area contributed by atoms with E-state index in [9.17, 15) is 9.90 Å². The third-order valence-corrected chi connectivity index (χ3v) is 7.25. The monoisotopic (exact) mass is 431 g/mol. The molecule has 1 aromatic heterocycles. The highest BCUT2D eigenvalue weighted by molar-refractivity contribution is 8.00. The zero-order chi connectivity index (χ0) is 21.4. The molecular weight excluding hydrogens is 406 g/mol. The second-order valence-electron chi connectivity index (χ2n) is 8.13. The Morgan fingerprint density at radius 2 is 1.94 bits per heavy atom. The number of aromatic nitrogens is 1. The van der Waals surface area contributed by atoms with E-state index < -0.39 is 5.97 Å². The van der Waals surface area contributed by atoms with Crippen LogP contribution in [0.5, 0.6) is 0 Å². The standard InChI is InChI=1S/C26H25NO3S/c1-30-19-6-4-5-17(15-19)16-27-23-8-3-2-7-22(23)24(25(27)26(28)29)18-9-11-20(12-10-18)31-21-13-14-21/h2-3,6-12,15,21H,4-5,13-14,16H2,1H3,(H,28,29). The average molecular weight is 432 g/mol. The number of carboxylic acid groups (broad SMARTS) is 1. The van der Waals surface area contributed by atoms with Crippen LogP contribution in [0.25, 0.3) is 22.0 Å². The Labute approximate surface area is 186 Å². The predicted octanol–water partition coefficient (Wildman–Crippen LogP) is 6.51. The second-order valence-corrected chi connectivity index (χ2v) is 9.50. The van der Waals surface area contributed by atoms with Crippen molar-refractivity contribution in [2.24, 2.45) is 0 Å².